The molecule has 0 radical (unpaired) electrons. The molecule has 2 aromatic rings. The number of nitriles is 1. The van der Waals surface area contributed by atoms with Crippen molar-refractivity contribution in [3.63, 3.8) is 0 Å². The summed E-state index contributed by atoms with van der Waals surface area (Å²) in [5, 5.41) is 19.0. The van der Waals surface area contributed by atoms with E-state index < -0.39 is 0 Å². The van der Waals surface area contributed by atoms with E-state index >= 15 is 0 Å². The van der Waals surface area contributed by atoms with Gasteiger partial charge in [-0.3, -0.25) is 4.57 Å². The number of aromatic nitrogens is 3. The van der Waals surface area contributed by atoms with E-state index in [2.05, 4.69) is 27.8 Å². The SMILES string of the molecule is COc1ccc(-c2nnc(SC[C@@H](C)C#N)n2[C@@H]2CCCC[C@H]2C)cc1. The van der Waals surface area contributed by atoms with Crippen molar-refractivity contribution in [1.29, 1.82) is 5.26 Å². The lowest BCUT2D eigenvalue weighted by Gasteiger charge is -2.31. The minimum atomic E-state index is -0.00151. The Hall–Kier alpha value is -2.00. The molecule has 1 aromatic carbocycles. The molecule has 1 aliphatic rings. The van der Waals surface area contributed by atoms with Crippen LogP contribution in [0.25, 0.3) is 11.4 Å². The number of benzene rings is 1. The number of nitrogens with zero attached hydrogens (tertiary/aromatic N) is 4. The van der Waals surface area contributed by atoms with E-state index in [-0.39, 0.29) is 5.92 Å². The zero-order chi connectivity index (χ0) is 18.5. The van der Waals surface area contributed by atoms with Crippen LogP contribution in [0, 0.1) is 23.2 Å². The van der Waals surface area contributed by atoms with Gasteiger partial charge in [0.1, 0.15) is 5.75 Å². The van der Waals surface area contributed by atoms with Crippen LogP contribution in [0.2, 0.25) is 0 Å². The second-order valence-electron chi connectivity index (χ2n) is 7.07. The van der Waals surface area contributed by atoms with Gasteiger partial charge < -0.3 is 4.74 Å². The van der Waals surface area contributed by atoms with Crippen molar-refractivity contribution in [1.82, 2.24) is 14.8 Å². The summed E-state index contributed by atoms with van der Waals surface area (Å²) in [7, 11) is 1.67. The van der Waals surface area contributed by atoms with Gasteiger partial charge in [0.25, 0.3) is 0 Å². The molecule has 1 aromatic heterocycles. The standard InChI is InChI=1S/C20H26N4OS/c1-14(12-21)13-26-20-23-22-19(16-8-10-17(25-3)11-9-16)24(20)18-7-5-4-6-15(18)2/h8-11,14-15,18H,4-7,13H2,1-3H3/t14-,15+,18+/m0/s1. The largest absolute Gasteiger partial charge is 0.497 e. The highest BCUT2D eigenvalue weighted by Gasteiger charge is 2.28. The molecule has 0 amide bonds. The maximum atomic E-state index is 9.09. The molecule has 0 aliphatic heterocycles. The Morgan fingerprint density at radius 1 is 1.27 bits per heavy atom. The van der Waals surface area contributed by atoms with Crippen LogP contribution in [0.15, 0.2) is 29.4 Å². The van der Waals surface area contributed by atoms with Crippen LogP contribution in [0.3, 0.4) is 0 Å². The van der Waals surface area contributed by atoms with E-state index in [0.717, 1.165) is 34.5 Å². The van der Waals surface area contributed by atoms with Crippen molar-refractivity contribution in [2.24, 2.45) is 11.8 Å². The van der Waals surface area contributed by atoms with Crippen LogP contribution in [0.5, 0.6) is 5.75 Å². The van der Waals surface area contributed by atoms with Gasteiger partial charge >= 0.3 is 0 Å². The van der Waals surface area contributed by atoms with Gasteiger partial charge in [-0.2, -0.15) is 5.26 Å². The highest BCUT2D eigenvalue weighted by Crippen LogP contribution is 2.39. The summed E-state index contributed by atoms with van der Waals surface area (Å²) in [6.45, 7) is 4.27. The molecule has 1 heterocycles. The molecule has 6 heteroatoms. The highest BCUT2D eigenvalue weighted by molar-refractivity contribution is 7.99. The van der Waals surface area contributed by atoms with E-state index in [1.807, 2.05) is 31.2 Å². The van der Waals surface area contributed by atoms with Crippen molar-refractivity contribution in [3.8, 4) is 23.2 Å². The predicted molar refractivity (Wildman–Crippen MR) is 104 cm³/mol. The first-order chi connectivity index (χ1) is 12.6. The second kappa shape index (κ2) is 8.59. The summed E-state index contributed by atoms with van der Waals surface area (Å²) in [5.41, 5.74) is 1.05. The fourth-order valence-electron chi connectivity index (χ4n) is 3.53. The monoisotopic (exact) mass is 370 g/mol. The molecular formula is C20H26N4OS. The van der Waals surface area contributed by atoms with Gasteiger partial charge in [0.05, 0.1) is 19.1 Å². The number of hydrogen-bond acceptors (Lipinski definition) is 5. The lowest BCUT2D eigenvalue weighted by atomic mass is 9.85. The van der Waals surface area contributed by atoms with Crippen LogP contribution in [-0.2, 0) is 0 Å². The molecule has 0 saturated heterocycles. The first-order valence-corrected chi connectivity index (χ1v) is 10.2. The number of thioether (sulfide) groups is 1. The van der Waals surface area contributed by atoms with Crippen molar-refractivity contribution in [3.05, 3.63) is 24.3 Å². The van der Waals surface area contributed by atoms with E-state index in [1.54, 1.807) is 18.9 Å². The average molecular weight is 371 g/mol. The molecule has 5 nitrogen and oxygen atoms in total. The number of rotatable bonds is 6. The minimum absolute atomic E-state index is 0.00151. The highest BCUT2D eigenvalue weighted by atomic mass is 32.2. The summed E-state index contributed by atoms with van der Waals surface area (Å²) in [6, 6.07) is 10.7. The molecule has 3 rings (SSSR count). The molecule has 138 valence electrons. The van der Waals surface area contributed by atoms with Crippen LogP contribution < -0.4 is 4.74 Å². The van der Waals surface area contributed by atoms with Crippen molar-refractivity contribution < 1.29 is 4.74 Å². The fourth-order valence-corrected chi connectivity index (χ4v) is 4.46. The van der Waals surface area contributed by atoms with Gasteiger partial charge in [0, 0.05) is 17.4 Å². The molecule has 3 atom stereocenters. The second-order valence-corrected chi connectivity index (χ2v) is 8.06. The van der Waals surface area contributed by atoms with Gasteiger partial charge in [-0.05, 0) is 49.9 Å². The Morgan fingerprint density at radius 2 is 2.00 bits per heavy atom. The molecule has 26 heavy (non-hydrogen) atoms. The maximum absolute atomic E-state index is 9.09. The third kappa shape index (κ3) is 4.04. The van der Waals surface area contributed by atoms with Crippen LogP contribution in [0.4, 0.5) is 0 Å². The van der Waals surface area contributed by atoms with Crippen molar-refractivity contribution in [2.45, 2.75) is 50.7 Å². The summed E-state index contributed by atoms with van der Waals surface area (Å²) >= 11 is 1.64. The van der Waals surface area contributed by atoms with E-state index in [9.17, 15) is 0 Å². The van der Waals surface area contributed by atoms with Gasteiger partial charge in [0.15, 0.2) is 11.0 Å². The first kappa shape index (κ1) is 18.8. The topological polar surface area (TPSA) is 63.7 Å². The molecular weight excluding hydrogens is 344 g/mol. The maximum Gasteiger partial charge on any atom is 0.191 e. The van der Waals surface area contributed by atoms with Crippen LogP contribution in [-0.4, -0.2) is 27.6 Å². The normalized spacial score (nSPS) is 21.2. The van der Waals surface area contributed by atoms with Gasteiger partial charge in [-0.25, -0.2) is 0 Å². The number of hydrogen-bond donors (Lipinski definition) is 0. The number of methoxy groups -OCH3 is 1. The Labute approximate surface area is 159 Å². The van der Waals surface area contributed by atoms with Gasteiger partial charge in [0.2, 0.25) is 0 Å². The Morgan fingerprint density at radius 3 is 2.65 bits per heavy atom. The summed E-state index contributed by atoms with van der Waals surface area (Å²) < 4.78 is 7.59. The molecule has 0 N–H and O–H groups in total. The van der Waals surface area contributed by atoms with Crippen LogP contribution >= 0.6 is 11.8 Å². The zero-order valence-corrected chi connectivity index (χ0v) is 16.5. The summed E-state index contributed by atoms with van der Waals surface area (Å²) in [6.07, 6.45) is 4.94. The average Bonchev–Trinajstić information content (AvgIpc) is 3.10. The summed E-state index contributed by atoms with van der Waals surface area (Å²) in [5.74, 6) is 3.09. The lowest BCUT2D eigenvalue weighted by Crippen LogP contribution is -2.22. The Balaban J connectivity index is 1.97. The Bertz CT molecular complexity index is 765. The van der Waals surface area contributed by atoms with Crippen LogP contribution in [0.1, 0.15) is 45.6 Å². The third-order valence-corrected chi connectivity index (χ3v) is 6.30. The quantitative estimate of drug-likeness (QED) is 0.673. The Kier molecular flexibility index (Phi) is 6.20. The minimum Gasteiger partial charge on any atom is -0.497 e. The fraction of sp³-hybridized carbons (Fsp3) is 0.550. The van der Waals surface area contributed by atoms with E-state index in [0.29, 0.717) is 12.0 Å². The molecule has 0 unspecified atom stereocenters. The lowest BCUT2D eigenvalue weighted by molar-refractivity contribution is 0.247. The molecule has 1 fully saturated rings. The predicted octanol–water partition coefficient (Wildman–Crippen LogP) is 4.96. The molecule has 0 bridgehead atoms. The smallest absolute Gasteiger partial charge is 0.191 e. The molecule has 1 aliphatic carbocycles. The zero-order valence-electron chi connectivity index (χ0n) is 15.7. The van der Waals surface area contributed by atoms with E-state index in [1.165, 1.54) is 19.3 Å². The summed E-state index contributed by atoms with van der Waals surface area (Å²) in [4.78, 5) is 0. The van der Waals surface area contributed by atoms with Gasteiger partial charge in [-0.15, -0.1) is 10.2 Å². The third-order valence-electron chi connectivity index (χ3n) is 5.09. The van der Waals surface area contributed by atoms with E-state index in [4.69, 9.17) is 10.00 Å². The number of ether oxygens (including phenoxy) is 1. The van der Waals surface area contributed by atoms with Crippen molar-refractivity contribution in [2.75, 3.05) is 12.9 Å². The van der Waals surface area contributed by atoms with Crippen molar-refractivity contribution >= 4 is 11.8 Å². The molecule has 1 saturated carbocycles. The van der Waals surface area contributed by atoms with Gasteiger partial charge in [-0.1, -0.05) is 31.5 Å². The first-order valence-electron chi connectivity index (χ1n) is 9.25. The molecule has 0 spiro atoms.